The van der Waals surface area contributed by atoms with E-state index >= 15 is 0 Å². The first-order valence-electron chi connectivity index (χ1n) is 5.19. The van der Waals surface area contributed by atoms with Crippen molar-refractivity contribution in [1.82, 2.24) is 10.3 Å². The molecule has 0 aliphatic carbocycles. The normalized spacial score (nSPS) is 20.7. The molecule has 1 aromatic rings. The van der Waals surface area contributed by atoms with Crippen molar-refractivity contribution in [1.29, 1.82) is 0 Å². The van der Waals surface area contributed by atoms with E-state index in [0.29, 0.717) is 25.1 Å². The predicted molar refractivity (Wildman–Crippen MR) is 57.3 cm³/mol. The smallest absolute Gasteiger partial charge is 0.235 e. The van der Waals surface area contributed by atoms with Crippen molar-refractivity contribution in [2.75, 3.05) is 0 Å². The Kier molecular flexibility index (Phi) is 2.96. The van der Waals surface area contributed by atoms with Gasteiger partial charge in [-0.05, 0) is 18.1 Å². The Morgan fingerprint density at radius 1 is 1.44 bits per heavy atom. The molecule has 2 rings (SSSR count). The minimum Gasteiger partial charge on any atom is -0.326 e. The second-order valence-corrected chi connectivity index (χ2v) is 3.80. The molecule has 0 saturated carbocycles. The van der Waals surface area contributed by atoms with Gasteiger partial charge in [-0.15, -0.1) is 0 Å². The minimum absolute atomic E-state index is 0.208. The number of nitrogens with one attached hydrogen (secondary N) is 1. The predicted octanol–water partition coefficient (Wildman–Crippen LogP) is 0.0605. The highest BCUT2D eigenvalue weighted by molar-refractivity contribution is 6.00. The van der Waals surface area contributed by atoms with E-state index in [2.05, 4.69) is 10.3 Å². The van der Waals surface area contributed by atoms with Gasteiger partial charge in [0.15, 0.2) is 0 Å². The van der Waals surface area contributed by atoms with Gasteiger partial charge in [0.25, 0.3) is 0 Å². The summed E-state index contributed by atoms with van der Waals surface area (Å²) in [6.07, 6.45) is 2.56. The Balaban J connectivity index is 2.17. The molecule has 2 heterocycles. The van der Waals surface area contributed by atoms with Crippen LogP contribution in [0.2, 0.25) is 0 Å². The molecule has 5 nitrogen and oxygen atoms in total. The lowest BCUT2D eigenvalue weighted by Crippen LogP contribution is -2.39. The molecule has 1 unspecified atom stereocenters. The summed E-state index contributed by atoms with van der Waals surface area (Å²) in [4.78, 5) is 26.7. The van der Waals surface area contributed by atoms with Crippen molar-refractivity contribution in [3.05, 3.63) is 29.6 Å². The Morgan fingerprint density at radius 3 is 2.81 bits per heavy atom. The average Bonchev–Trinajstić information content (AvgIpc) is 2.29. The summed E-state index contributed by atoms with van der Waals surface area (Å²) in [5, 5.41) is 2.31. The second-order valence-electron chi connectivity index (χ2n) is 3.80. The summed E-state index contributed by atoms with van der Waals surface area (Å²) in [5.74, 6) is -0.784. The van der Waals surface area contributed by atoms with Crippen molar-refractivity contribution in [3.63, 3.8) is 0 Å². The first-order valence-corrected chi connectivity index (χ1v) is 5.19. The molecule has 1 saturated heterocycles. The van der Waals surface area contributed by atoms with Gasteiger partial charge in [0.2, 0.25) is 11.8 Å². The Morgan fingerprint density at radius 2 is 2.25 bits per heavy atom. The topological polar surface area (TPSA) is 85.1 Å². The molecule has 0 radical (unpaired) electrons. The second kappa shape index (κ2) is 4.40. The highest BCUT2D eigenvalue weighted by Crippen LogP contribution is 2.22. The van der Waals surface area contributed by atoms with Crippen LogP contribution in [0.3, 0.4) is 0 Å². The molecule has 84 valence electrons. The third-order valence-corrected chi connectivity index (χ3v) is 2.68. The summed E-state index contributed by atoms with van der Waals surface area (Å²) in [6.45, 7) is 0.433. The van der Waals surface area contributed by atoms with Crippen molar-refractivity contribution in [2.45, 2.75) is 25.3 Å². The largest absolute Gasteiger partial charge is 0.326 e. The van der Waals surface area contributed by atoms with Crippen LogP contribution in [0.5, 0.6) is 0 Å². The maximum Gasteiger partial charge on any atom is 0.235 e. The van der Waals surface area contributed by atoms with Crippen LogP contribution < -0.4 is 11.1 Å². The number of nitrogens with two attached hydrogens (primary N) is 1. The Labute approximate surface area is 93.0 Å². The molecule has 0 bridgehead atoms. The third-order valence-electron chi connectivity index (χ3n) is 2.68. The van der Waals surface area contributed by atoms with Gasteiger partial charge in [-0.2, -0.15) is 0 Å². The van der Waals surface area contributed by atoms with E-state index in [1.54, 1.807) is 12.3 Å². The number of rotatable bonds is 2. The summed E-state index contributed by atoms with van der Waals surface area (Å²) in [5.41, 5.74) is 7.08. The monoisotopic (exact) mass is 219 g/mol. The molecule has 1 fully saturated rings. The molecular formula is C11H13N3O2. The summed E-state index contributed by atoms with van der Waals surface area (Å²) in [6, 6.07) is 3.65. The van der Waals surface area contributed by atoms with E-state index in [9.17, 15) is 9.59 Å². The number of pyridine rings is 1. The molecular weight excluding hydrogens is 206 g/mol. The number of carbonyl (C=O) groups is 2. The molecule has 0 aromatic carbocycles. The number of aromatic nitrogens is 1. The quantitative estimate of drug-likeness (QED) is 0.689. The van der Waals surface area contributed by atoms with Crippen LogP contribution in [-0.2, 0) is 16.1 Å². The molecule has 0 spiro atoms. The number of imide groups is 1. The van der Waals surface area contributed by atoms with Gasteiger partial charge < -0.3 is 5.73 Å². The molecule has 1 aliphatic heterocycles. The van der Waals surface area contributed by atoms with Gasteiger partial charge in [0.1, 0.15) is 0 Å². The third kappa shape index (κ3) is 2.09. The van der Waals surface area contributed by atoms with Crippen molar-refractivity contribution < 1.29 is 9.59 Å². The van der Waals surface area contributed by atoms with Crippen LogP contribution in [0.25, 0.3) is 0 Å². The summed E-state index contributed by atoms with van der Waals surface area (Å²) < 4.78 is 0. The Bertz CT molecular complexity index is 414. The lowest BCUT2D eigenvalue weighted by atomic mass is 9.94. The number of carbonyl (C=O) groups excluding carboxylic acids is 2. The zero-order valence-electron chi connectivity index (χ0n) is 8.77. The fourth-order valence-corrected chi connectivity index (χ4v) is 1.74. The molecule has 1 atom stereocenters. The van der Waals surface area contributed by atoms with Gasteiger partial charge >= 0.3 is 0 Å². The minimum atomic E-state index is -0.315. The van der Waals surface area contributed by atoms with Crippen molar-refractivity contribution in [2.24, 2.45) is 5.73 Å². The van der Waals surface area contributed by atoms with Gasteiger partial charge in [-0.3, -0.25) is 19.9 Å². The Hall–Kier alpha value is -1.75. The van der Waals surface area contributed by atoms with Crippen LogP contribution in [0.1, 0.15) is 30.0 Å². The zero-order chi connectivity index (χ0) is 11.5. The molecule has 16 heavy (non-hydrogen) atoms. The molecule has 5 heteroatoms. The lowest BCUT2D eigenvalue weighted by Gasteiger charge is -2.20. The van der Waals surface area contributed by atoms with Gasteiger partial charge in [0.05, 0.1) is 11.6 Å². The molecule has 2 amide bonds. The van der Waals surface area contributed by atoms with Gasteiger partial charge in [-0.25, -0.2) is 0 Å². The molecule has 3 N–H and O–H groups in total. The van der Waals surface area contributed by atoms with Crippen molar-refractivity contribution >= 4 is 11.8 Å². The van der Waals surface area contributed by atoms with E-state index in [-0.39, 0.29) is 17.7 Å². The van der Waals surface area contributed by atoms with Gasteiger partial charge in [0, 0.05) is 19.2 Å². The number of nitrogens with zero attached hydrogens (tertiary/aromatic N) is 1. The molecule has 1 aromatic heterocycles. The van der Waals surface area contributed by atoms with E-state index in [4.69, 9.17) is 5.73 Å². The fourth-order valence-electron chi connectivity index (χ4n) is 1.74. The number of hydrogen-bond acceptors (Lipinski definition) is 4. The van der Waals surface area contributed by atoms with E-state index in [1.165, 1.54) is 0 Å². The highest BCUT2D eigenvalue weighted by atomic mass is 16.2. The average molecular weight is 219 g/mol. The van der Waals surface area contributed by atoms with E-state index in [1.807, 2.05) is 6.07 Å². The fraction of sp³-hybridized carbons (Fsp3) is 0.364. The number of hydrogen-bond donors (Lipinski definition) is 2. The SMILES string of the molecule is NCc1ccc(C2CCC(=O)NC2=O)nc1. The van der Waals surface area contributed by atoms with Crippen LogP contribution in [0, 0.1) is 0 Å². The van der Waals surface area contributed by atoms with Crippen molar-refractivity contribution in [3.8, 4) is 0 Å². The number of piperidine rings is 1. The highest BCUT2D eigenvalue weighted by Gasteiger charge is 2.28. The summed E-state index contributed by atoms with van der Waals surface area (Å²) >= 11 is 0. The van der Waals surface area contributed by atoms with Gasteiger partial charge in [-0.1, -0.05) is 6.07 Å². The maximum absolute atomic E-state index is 11.6. The molecule has 1 aliphatic rings. The summed E-state index contributed by atoms with van der Waals surface area (Å²) in [7, 11) is 0. The number of amides is 2. The first kappa shape index (κ1) is 10.8. The van der Waals surface area contributed by atoms with E-state index < -0.39 is 0 Å². The van der Waals surface area contributed by atoms with Crippen LogP contribution in [0.4, 0.5) is 0 Å². The lowest BCUT2D eigenvalue weighted by molar-refractivity contribution is -0.134. The van der Waals surface area contributed by atoms with Crippen LogP contribution in [-0.4, -0.2) is 16.8 Å². The zero-order valence-corrected chi connectivity index (χ0v) is 8.77. The van der Waals surface area contributed by atoms with Crippen LogP contribution >= 0.6 is 0 Å². The standard InChI is InChI=1S/C11H13N3O2/c12-5-7-1-3-9(13-6-7)8-2-4-10(15)14-11(8)16/h1,3,6,8H,2,4-5,12H2,(H,14,15,16). The first-order chi connectivity index (χ1) is 7.70. The van der Waals surface area contributed by atoms with Crippen LogP contribution in [0.15, 0.2) is 18.3 Å². The van der Waals surface area contributed by atoms with E-state index in [0.717, 1.165) is 5.56 Å². The maximum atomic E-state index is 11.6.